The summed E-state index contributed by atoms with van der Waals surface area (Å²) in [4.78, 5) is 3.84. The third-order valence-corrected chi connectivity index (χ3v) is 1.57. The maximum atomic E-state index is 12.8. The predicted octanol–water partition coefficient (Wildman–Crippen LogP) is 2.39. The Kier molecular flexibility index (Phi) is 7.13. The number of aryl methyl sites for hydroxylation is 1. The van der Waals surface area contributed by atoms with E-state index in [1.807, 2.05) is 0 Å². The van der Waals surface area contributed by atoms with Gasteiger partial charge in [0.25, 0.3) is 0 Å². The molecule has 0 bridgehead atoms. The van der Waals surface area contributed by atoms with Crippen LogP contribution >= 0.6 is 24.8 Å². The largest absolute Gasteiger partial charge is 0.324 e. The Labute approximate surface area is 89.6 Å². The minimum absolute atomic E-state index is 0. The minimum Gasteiger partial charge on any atom is -0.324 e. The van der Waals surface area contributed by atoms with Gasteiger partial charge in [-0.25, -0.2) is 4.39 Å². The Hall–Kier alpha value is -0.380. The van der Waals surface area contributed by atoms with Crippen LogP contribution in [0, 0.1) is 12.7 Å². The molecule has 1 atom stereocenters. The average molecular weight is 227 g/mol. The van der Waals surface area contributed by atoms with Crippen LogP contribution in [-0.2, 0) is 0 Å². The molecule has 1 aromatic heterocycles. The van der Waals surface area contributed by atoms with E-state index in [-0.39, 0.29) is 36.7 Å². The summed E-state index contributed by atoms with van der Waals surface area (Å²) in [6, 6.07) is 1.27. The van der Waals surface area contributed by atoms with E-state index in [0.29, 0.717) is 5.69 Å². The molecule has 1 aromatic rings. The summed E-state index contributed by atoms with van der Waals surface area (Å²) in [6.07, 6.45) is 1.60. The van der Waals surface area contributed by atoms with E-state index in [0.717, 1.165) is 5.56 Å². The van der Waals surface area contributed by atoms with Gasteiger partial charge in [-0.05, 0) is 25.5 Å². The molecule has 5 heteroatoms. The molecule has 0 spiro atoms. The van der Waals surface area contributed by atoms with E-state index >= 15 is 0 Å². The molecule has 0 aliphatic rings. The molecule has 1 heterocycles. The van der Waals surface area contributed by atoms with E-state index in [2.05, 4.69) is 4.98 Å². The first-order valence-electron chi connectivity index (χ1n) is 3.49. The molecular formula is C8H13Cl2FN2. The van der Waals surface area contributed by atoms with Gasteiger partial charge in [-0.3, -0.25) is 4.98 Å². The molecule has 2 N–H and O–H groups in total. The van der Waals surface area contributed by atoms with Crippen LogP contribution in [0.5, 0.6) is 0 Å². The highest BCUT2D eigenvalue weighted by Crippen LogP contribution is 2.11. The summed E-state index contributed by atoms with van der Waals surface area (Å²) in [5.74, 6) is -0.292. The number of hydrogen-bond donors (Lipinski definition) is 1. The topological polar surface area (TPSA) is 38.9 Å². The molecule has 2 nitrogen and oxygen atoms in total. The Morgan fingerprint density at radius 3 is 2.38 bits per heavy atom. The predicted molar refractivity (Wildman–Crippen MR) is 56.0 cm³/mol. The molecule has 0 saturated heterocycles. The molecule has 0 aliphatic carbocycles. The van der Waals surface area contributed by atoms with Crippen LogP contribution in [0.3, 0.4) is 0 Å². The number of nitrogens with zero attached hydrogens (tertiary/aromatic N) is 1. The molecule has 0 aromatic carbocycles. The smallest absolute Gasteiger partial charge is 0.144 e. The standard InChI is InChI=1S/C8H11FN2.2ClH/c1-5(10)7-3-8(9)6(2)11-4-7;;/h3-5H,10H2,1-2H3;2*1H/t5-;;/m0../s1. The summed E-state index contributed by atoms with van der Waals surface area (Å²) in [7, 11) is 0. The molecule has 1 rings (SSSR count). The van der Waals surface area contributed by atoms with Gasteiger partial charge in [0.1, 0.15) is 5.82 Å². The van der Waals surface area contributed by atoms with Crippen LogP contribution in [-0.4, -0.2) is 4.98 Å². The second-order valence-corrected chi connectivity index (χ2v) is 2.62. The lowest BCUT2D eigenvalue weighted by Crippen LogP contribution is -2.06. The van der Waals surface area contributed by atoms with Gasteiger partial charge in [0.2, 0.25) is 0 Å². The first-order chi connectivity index (χ1) is 5.11. The van der Waals surface area contributed by atoms with E-state index in [9.17, 15) is 4.39 Å². The molecule has 0 saturated carbocycles. The maximum Gasteiger partial charge on any atom is 0.144 e. The fraction of sp³-hybridized carbons (Fsp3) is 0.375. The number of nitrogens with two attached hydrogens (primary N) is 1. The Balaban J connectivity index is 0. The summed E-state index contributed by atoms with van der Waals surface area (Å²) in [6.45, 7) is 3.42. The van der Waals surface area contributed by atoms with Gasteiger partial charge in [0.05, 0.1) is 5.69 Å². The number of hydrogen-bond acceptors (Lipinski definition) is 2. The summed E-state index contributed by atoms with van der Waals surface area (Å²) in [5.41, 5.74) is 6.67. The van der Waals surface area contributed by atoms with Crippen molar-refractivity contribution in [3.63, 3.8) is 0 Å². The van der Waals surface area contributed by atoms with Crippen LogP contribution in [0.1, 0.15) is 24.2 Å². The van der Waals surface area contributed by atoms with Gasteiger partial charge < -0.3 is 5.73 Å². The number of aromatic nitrogens is 1. The number of halogens is 3. The van der Waals surface area contributed by atoms with Crippen molar-refractivity contribution in [1.82, 2.24) is 4.98 Å². The van der Waals surface area contributed by atoms with Crippen molar-refractivity contribution in [1.29, 1.82) is 0 Å². The molecule has 76 valence electrons. The first kappa shape index (κ1) is 15.1. The molecule has 0 aliphatic heterocycles. The van der Waals surface area contributed by atoms with E-state index in [4.69, 9.17) is 5.73 Å². The van der Waals surface area contributed by atoms with Gasteiger partial charge >= 0.3 is 0 Å². The van der Waals surface area contributed by atoms with Crippen molar-refractivity contribution >= 4 is 24.8 Å². The third kappa shape index (κ3) is 3.89. The van der Waals surface area contributed by atoms with E-state index in [1.165, 1.54) is 6.07 Å². The van der Waals surface area contributed by atoms with Crippen molar-refractivity contribution in [3.05, 3.63) is 29.3 Å². The second kappa shape index (κ2) is 6.13. The Bertz CT molecular complexity index is 266. The quantitative estimate of drug-likeness (QED) is 0.799. The molecule has 0 unspecified atom stereocenters. The summed E-state index contributed by atoms with van der Waals surface area (Å²) in [5, 5.41) is 0. The minimum atomic E-state index is -0.292. The number of pyridine rings is 1. The van der Waals surface area contributed by atoms with Crippen molar-refractivity contribution in [2.75, 3.05) is 0 Å². The zero-order chi connectivity index (χ0) is 8.43. The highest BCUT2D eigenvalue weighted by molar-refractivity contribution is 5.85. The Morgan fingerprint density at radius 2 is 2.00 bits per heavy atom. The molecule has 0 radical (unpaired) electrons. The van der Waals surface area contributed by atoms with Gasteiger partial charge in [-0.15, -0.1) is 24.8 Å². The zero-order valence-electron chi connectivity index (χ0n) is 7.45. The van der Waals surface area contributed by atoms with Crippen molar-refractivity contribution in [2.45, 2.75) is 19.9 Å². The second-order valence-electron chi connectivity index (χ2n) is 2.62. The fourth-order valence-corrected chi connectivity index (χ4v) is 0.770. The van der Waals surface area contributed by atoms with Gasteiger partial charge in [0, 0.05) is 12.2 Å². The summed E-state index contributed by atoms with van der Waals surface area (Å²) < 4.78 is 12.8. The van der Waals surface area contributed by atoms with Crippen LogP contribution in [0.25, 0.3) is 0 Å². The SMILES string of the molecule is Cc1ncc([C@H](C)N)cc1F.Cl.Cl. The van der Waals surface area contributed by atoms with Crippen LogP contribution in [0.15, 0.2) is 12.3 Å². The average Bonchev–Trinajstić information content (AvgIpc) is 1.94. The van der Waals surface area contributed by atoms with E-state index in [1.54, 1.807) is 20.0 Å². The lowest BCUT2D eigenvalue weighted by atomic mass is 10.1. The zero-order valence-corrected chi connectivity index (χ0v) is 9.08. The normalized spacial score (nSPS) is 11.1. The molecular weight excluding hydrogens is 214 g/mol. The monoisotopic (exact) mass is 226 g/mol. The van der Waals surface area contributed by atoms with E-state index < -0.39 is 0 Å². The molecule has 0 fully saturated rings. The fourth-order valence-electron chi connectivity index (χ4n) is 0.770. The highest BCUT2D eigenvalue weighted by Gasteiger charge is 2.03. The maximum absolute atomic E-state index is 12.8. The van der Waals surface area contributed by atoms with Crippen LogP contribution < -0.4 is 5.73 Å². The summed E-state index contributed by atoms with van der Waals surface area (Å²) >= 11 is 0. The van der Waals surface area contributed by atoms with Gasteiger partial charge in [0.15, 0.2) is 0 Å². The van der Waals surface area contributed by atoms with Gasteiger partial charge in [-0.1, -0.05) is 0 Å². The van der Waals surface area contributed by atoms with Crippen molar-refractivity contribution in [3.8, 4) is 0 Å². The molecule has 13 heavy (non-hydrogen) atoms. The lowest BCUT2D eigenvalue weighted by Gasteiger charge is -2.04. The molecule has 0 amide bonds. The van der Waals surface area contributed by atoms with Crippen LogP contribution in [0.4, 0.5) is 4.39 Å². The third-order valence-electron chi connectivity index (χ3n) is 1.57. The first-order valence-corrected chi connectivity index (χ1v) is 3.49. The lowest BCUT2D eigenvalue weighted by molar-refractivity contribution is 0.603. The Morgan fingerprint density at radius 1 is 1.46 bits per heavy atom. The van der Waals surface area contributed by atoms with Crippen molar-refractivity contribution in [2.24, 2.45) is 5.73 Å². The number of rotatable bonds is 1. The van der Waals surface area contributed by atoms with Gasteiger partial charge in [-0.2, -0.15) is 0 Å². The van der Waals surface area contributed by atoms with Crippen molar-refractivity contribution < 1.29 is 4.39 Å². The highest BCUT2D eigenvalue weighted by atomic mass is 35.5. The van der Waals surface area contributed by atoms with Crippen LogP contribution in [0.2, 0.25) is 0 Å².